The molecule has 1 N–H and O–H groups in total. The number of hydrogen-bond acceptors (Lipinski definition) is 3. The van der Waals surface area contributed by atoms with E-state index in [1.54, 1.807) is 0 Å². The van der Waals surface area contributed by atoms with Crippen molar-refractivity contribution in [3.8, 4) is 0 Å². The Morgan fingerprint density at radius 1 is 1.35 bits per heavy atom. The Morgan fingerprint density at radius 2 is 2.05 bits per heavy atom. The maximum atomic E-state index is 4.67. The quantitative estimate of drug-likeness (QED) is 0.860. The zero-order valence-electron chi connectivity index (χ0n) is 13.6. The molecule has 0 unspecified atom stereocenters. The van der Waals surface area contributed by atoms with Crippen LogP contribution in [0.15, 0.2) is 18.3 Å². The molecule has 2 rings (SSSR count). The molecule has 0 saturated heterocycles. The second-order valence-corrected chi connectivity index (χ2v) is 7.28. The van der Waals surface area contributed by atoms with E-state index >= 15 is 0 Å². The van der Waals surface area contributed by atoms with Crippen molar-refractivity contribution < 1.29 is 0 Å². The van der Waals surface area contributed by atoms with E-state index < -0.39 is 0 Å². The highest BCUT2D eigenvalue weighted by molar-refractivity contribution is 5.47. The highest BCUT2D eigenvalue weighted by atomic mass is 15.2. The lowest BCUT2D eigenvalue weighted by molar-refractivity contribution is 0.423. The lowest BCUT2D eigenvalue weighted by Gasteiger charge is -2.30. The molecule has 1 aromatic heterocycles. The zero-order valence-corrected chi connectivity index (χ0v) is 13.6. The molecular formula is C17H29N3. The molecule has 1 aliphatic rings. The van der Waals surface area contributed by atoms with Gasteiger partial charge >= 0.3 is 0 Å². The van der Waals surface area contributed by atoms with Gasteiger partial charge in [0.25, 0.3) is 0 Å². The number of rotatable bonds is 6. The van der Waals surface area contributed by atoms with Gasteiger partial charge in [-0.2, -0.15) is 0 Å². The first kappa shape index (κ1) is 15.3. The SMILES string of the molecule is CC(C)N(CC1CC1)c1ncccc1CNC(C)(C)C. The molecule has 0 atom stereocenters. The summed E-state index contributed by atoms with van der Waals surface area (Å²) in [6, 6.07) is 4.74. The lowest BCUT2D eigenvalue weighted by Crippen LogP contribution is -2.37. The van der Waals surface area contributed by atoms with Gasteiger partial charge in [0.15, 0.2) is 0 Å². The Hall–Kier alpha value is -1.09. The maximum absolute atomic E-state index is 4.67. The Balaban J connectivity index is 2.15. The fourth-order valence-corrected chi connectivity index (χ4v) is 2.31. The molecule has 1 aliphatic carbocycles. The van der Waals surface area contributed by atoms with Crippen molar-refractivity contribution in [1.82, 2.24) is 10.3 Å². The second-order valence-electron chi connectivity index (χ2n) is 7.28. The normalized spacial score (nSPS) is 15.7. The van der Waals surface area contributed by atoms with Gasteiger partial charge in [0.2, 0.25) is 0 Å². The first-order chi connectivity index (χ1) is 9.37. The van der Waals surface area contributed by atoms with E-state index in [2.05, 4.69) is 55.9 Å². The van der Waals surface area contributed by atoms with Gasteiger partial charge in [-0.15, -0.1) is 0 Å². The van der Waals surface area contributed by atoms with Gasteiger partial charge in [0.1, 0.15) is 5.82 Å². The summed E-state index contributed by atoms with van der Waals surface area (Å²) < 4.78 is 0. The van der Waals surface area contributed by atoms with Gasteiger partial charge in [-0.3, -0.25) is 0 Å². The minimum absolute atomic E-state index is 0.131. The van der Waals surface area contributed by atoms with Gasteiger partial charge < -0.3 is 10.2 Å². The zero-order chi connectivity index (χ0) is 14.8. The van der Waals surface area contributed by atoms with Crippen LogP contribution in [-0.2, 0) is 6.54 Å². The Morgan fingerprint density at radius 3 is 2.60 bits per heavy atom. The molecule has 0 radical (unpaired) electrons. The summed E-state index contributed by atoms with van der Waals surface area (Å²) in [5.41, 5.74) is 1.43. The van der Waals surface area contributed by atoms with E-state index in [1.807, 2.05) is 12.3 Å². The fraction of sp³-hybridized carbons (Fsp3) is 0.706. The van der Waals surface area contributed by atoms with Gasteiger partial charge in [-0.05, 0) is 59.4 Å². The molecule has 20 heavy (non-hydrogen) atoms. The number of pyridine rings is 1. The molecule has 0 aromatic carbocycles. The molecule has 3 nitrogen and oxygen atoms in total. The standard InChI is InChI=1S/C17H29N3/c1-13(2)20(12-14-8-9-14)16-15(7-6-10-18-16)11-19-17(3,4)5/h6-7,10,13-14,19H,8-9,11-12H2,1-5H3. The molecule has 1 heterocycles. The summed E-state index contributed by atoms with van der Waals surface area (Å²) in [5, 5.41) is 3.57. The summed E-state index contributed by atoms with van der Waals surface area (Å²) in [6.07, 6.45) is 4.68. The van der Waals surface area contributed by atoms with Crippen LogP contribution in [0.2, 0.25) is 0 Å². The highest BCUT2D eigenvalue weighted by Gasteiger charge is 2.27. The van der Waals surface area contributed by atoms with E-state index in [9.17, 15) is 0 Å². The van der Waals surface area contributed by atoms with Crippen molar-refractivity contribution in [2.45, 2.75) is 65.6 Å². The van der Waals surface area contributed by atoms with E-state index in [0.29, 0.717) is 6.04 Å². The smallest absolute Gasteiger partial charge is 0.133 e. The van der Waals surface area contributed by atoms with Gasteiger partial charge in [-0.25, -0.2) is 4.98 Å². The van der Waals surface area contributed by atoms with Crippen LogP contribution >= 0.6 is 0 Å². The summed E-state index contributed by atoms with van der Waals surface area (Å²) in [7, 11) is 0. The second kappa shape index (κ2) is 6.13. The van der Waals surface area contributed by atoms with E-state index in [1.165, 1.54) is 18.4 Å². The van der Waals surface area contributed by atoms with Crippen LogP contribution in [0.3, 0.4) is 0 Å². The predicted octanol–water partition coefficient (Wildman–Crippen LogP) is 3.59. The molecule has 1 saturated carbocycles. The number of nitrogens with one attached hydrogen (secondary N) is 1. The average molecular weight is 275 g/mol. The van der Waals surface area contributed by atoms with Crippen LogP contribution in [0.4, 0.5) is 5.82 Å². The molecule has 3 heteroatoms. The molecule has 0 bridgehead atoms. The minimum Gasteiger partial charge on any atom is -0.354 e. The number of hydrogen-bond donors (Lipinski definition) is 1. The van der Waals surface area contributed by atoms with Gasteiger partial charge in [0.05, 0.1) is 0 Å². The van der Waals surface area contributed by atoms with E-state index in [0.717, 1.165) is 24.8 Å². The van der Waals surface area contributed by atoms with Crippen molar-refractivity contribution >= 4 is 5.82 Å². The topological polar surface area (TPSA) is 28.2 Å². The largest absolute Gasteiger partial charge is 0.354 e. The van der Waals surface area contributed by atoms with Crippen molar-refractivity contribution in [2.75, 3.05) is 11.4 Å². The molecule has 0 amide bonds. The first-order valence-corrected chi connectivity index (χ1v) is 7.82. The van der Waals surface area contributed by atoms with Crippen molar-refractivity contribution in [2.24, 2.45) is 5.92 Å². The van der Waals surface area contributed by atoms with Crippen LogP contribution < -0.4 is 10.2 Å². The third kappa shape index (κ3) is 4.48. The summed E-state index contributed by atoms with van der Waals surface area (Å²) in [6.45, 7) is 13.2. The predicted molar refractivity (Wildman–Crippen MR) is 86.0 cm³/mol. The Kier molecular flexibility index (Phi) is 4.69. The Labute approximate surface area is 123 Å². The van der Waals surface area contributed by atoms with Gasteiger partial charge in [0, 0.05) is 36.4 Å². The fourth-order valence-electron chi connectivity index (χ4n) is 2.31. The van der Waals surface area contributed by atoms with Crippen LogP contribution in [0.25, 0.3) is 0 Å². The van der Waals surface area contributed by atoms with Crippen LogP contribution in [-0.4, -0.2) is 23.1 Å². The summed E-state index contributed by atoms with van der Waals surface area (Å²) in [4.78, 5) is 7.14. The third-order valence-corrected chi connectivity index (χ3v) is 3.72. The monoisotopic (exact) mass is 275 g/mol. The molecule has 0 aliphatic heterocycles. The number of nitrogens with zero attached hydrogens (tertiary/aromatic N) is 2. The van der Waals surface area contributed by atoms with Crippen molar-refractivity contribution in [3.05, 3.63) is 23.9 Å². The molecule has 1 aromatic rings. The maximum Gasteiger partial charge on any atom is 0.133 e. The molecule has 1 fully saturated rings. The van der Waals surface area contributed by atoms with Crippen LogP contribution in [0.5, 0.6) is 0 Å². The van der Waals surface area contributed by atoms with Crippen molar-refractivity contribution in [1.29, 1.82) is 0 Å². The molecule has 112 valence electrons. The first-order valence-electron chi connectivity index (χ1n) is 7.82. The summed E-state index contributed by atoms with van der Waals surface area (Å²) in [5.74, 6) is 2.04. The lowest BCUT2D eigenvalue weighted by atomic mass is 10.1. The summed E-state index contributed by atoms with van der Waals surface area (Å²) >= 11 is 0. The van der Waals surface area contributed by atoms with Gasteiger partial charge in [-0.1, -0.05) is 6.07 Å². The van der Waals surface area contributed by atoms with E-state index in [-0.39, 0.29) is 5.54 Å². The van der Waals surface area contributed by atoms with E-state index in [4.69, 9.17) is 0 Å². The third-order valence-electron chi connectivity index (χ3n) is 3.72. The van der Waals surface area contributed by atoms with Crippen molar-refractivity contribution in [3.63, 3.8) is 0 Å². The minimum atomic E-state index is 0.131. The molecular weight excluding hydrogens is 246 g/mol. The van der Waals surface area contributed by atoms with Crippen LogP contribution in [0, 0.1) is 5.92 Å². The van der Waals surface area contributed by atoms with Crippen LogP contribution in [0.1, 0.15) is 53.0 Å². The average Bonchev–Trinajstić information content (AvgIpc) is 3.17. The number of anilines is 1. The molecule has 0 spiro atoms. The number of aromatic nitrogens is 1. The Bertz CT molecular complexity index is 430. The highest BCUT2D eigenvalue weighted by Crippen LogP contribution is 2.32.